The zero-order chi connectivity index (χ0) is 14.6. The van der Waals surface area contributed by atoms with Crippen LogP contribution in [0.2, 0.25) is 5.02 Å². The Labute approximate surface area is 120 Å². The van der Waals surface area contributed by atoms with Gasteiger partial charge in [-0.1, -0.05) is 25.4 Å². The molecule has 2 N–H and O–H groups in total. The molecule has 0 radical (unpaired) electrons. The lowest BCUT2D eigenvalue weighted by atomic mass is 10.2. The maximum atomic E-state index is 12.6. The molecule has 1 aromatic rings. The number of halogens is 1. The molecule has 0 aliphatic rings. The number of nitrogens with two attached hydrogens (primary N) is 1. The van der Waals surface area contributed by atoms with Crippen LogP contribution in [0.5, 0.6) is 0 Å². The van der Waals surface area contributed by atoms with E-state index in [2.05, 4.69) is 0 Å². The fourth-order valence-electron chi connectivity index (χ4n) is 1.86. The molecule has 0 aliphatic carbocycles. The van der Waals surface area contributed by atoms with E-state index in [1.165, 1.54) is 10.4 Å². The van der Waals surface area contributed by atoms with Gasteiger partial charge in [-0.05, 0) is 37.5 Å². The Morgan fingerprint density at radius 1 is 1.21 bits per heavy atom. The van der Waals surface area contributed by atoms with Crippen molar-refractivity contribution in [1.82, 2.24) is 4.31 Å². The van der Waals surface area contributed by atoms with E-state index in [0.717, 1.165) is 18.4 Å². The maximum Gasteiger partial charge on any atom is 0.244 e. The van der Waals surface area contributed by atoms with Gasteiger partial charge in [0.1, 0.15) is 4.90 Å². The van der Waals surface area contributed by atoms with Crippen LogP contribution in [0.3, 0.4) is 0 Å². The number of hydrogen-bond acceptors (Lipinski definition) is 3. The molecule has 19 heavy (non-hydrogen) atoms. The van der Waals surface area contributed by atoms with Crippen molar-refractivity contribution in [3.63, 3.8) is 0 Å². The van der Waals surface area contributed by atoms with E-state index in [0.29, 0.717) is 18.8 Å². The van der Waals surface area contributed by atoms with Crippen molar-refractivity contribution in [2.45, 2.75) is 38.5 Å². The molecule has 0 aromatic heterocycles. The first-order chi connectivity index (χ1) is 8.84. The number of nitrogen functional groups attached to an aromatic ring is 1. The second-order valence-corrected chi connectivity index (χ2v) is 6.86. The average Bonchev–Trinajstić information content (AvgIpc) is 2.33. The number of anilines is 1. The molecule has 0 atom stereocenters. The van der Waals surface area contributed by atoms with E-state index in [4.69, 9.17) is 17.3 Å². The van der Waals surface area contributed by atoms with Gasteiger partial charge >= 0.3 is 0 Å². The lowest BCUT2D eigenvalue weighted by Gasteiger charge is -2.22. The van der Waals surface area contributed by atoms with Crippen molar-refractivity contribution in [2.24, 2.45) is 0 Å². The standard InChI is InChI=1S/C13H21ClN2O2S/c1-4-6-16(7-5-2)19(17,18)13-9-12(15)10(3)8-11(13)14/h8-9H,4-7,15H2,1-3H3. The first-order valence-corrected chi connectivity index (χ1v) is 8.22. The summed E-state index contributed by atoms with van der Waals surface area (Å²) in [5, 5.41) is 0.226. The van der Waals surface area contributed by atoms with Crippen LogP contribution in [0, 0.1) is 6.92 Å². The smallest absolute Gasteiger partial charge is 0.244 e. The summed E-state index contributed by atoms with van der Waals surface area (Å²) in [5.74, 6) is 0. The molecular weight excluding hydrogens is 284 g/mol. The van der Waals surface area contributed by atoms with Crippen molar-refractivity contribution in [3.8, 4) is 0 Å². The van der Waals surface area contributed by atoms with E-state index in [1.807, 2.05) is 13.8 Å². The number of benzene rings is 1. The average molecular weight is 305 g/mol. The van der Waals surface area contributed by atoms with Crippen LogP contribution in [0.1, 0.15) is 32.3 Å². The number of hydrogen-bond donors (Lipinski definition) is 1. The highest BCUT2D eigenvalue weighted by molar-refractivity contribution is 7.89. The second kappa shape index (κ2) is 6.59. The van der Waals surface area contributed by atoms with Crippen LogP contribution in [0.25, 0.3) is 0 Å². The highest BCUT2D eigenvalue weighted by Gasteiger charge is 2.26. The minimum atomic E-state index is -3.57. The third kappa shape index (κ3) is 3.61. The summed E-state index contributed by atoms with van der Waals surface area (Å²) in [6.45, 7) is 6.67. The lowest BCUT2D eigenvalue weighted by Crippen LogP contribution is -2.32. The molecular formula is C13H21ClN2O2S. The normalized spacial score (nSPS) is 12.1. The Balaban J connectivity index is 3.28. The minimum absolute atomic E-state index is 0.0965. The van der Waals surface area contributed by atoms with Gasteiger partial charge in [-0.15, -0.1) is 0 Å². The summed E-state index contributed by atoms with van der Waals surface area (Å²) >= 11 is 6.07. The molecule has 0 bridgehead atoms. The SMILES string of the molecule is CCCN(CCC)S(=O)(=O)c1cc(N)c(C)cc1Cl. The molecule has 1 aromatic carbocycles. The first-order valence-electron chi connectivity index (χ1n) is 6.40. The van der Waals surface area contributed by atoms with E-state index < -0.39 is 10.0 Å². The van der Waals surface area contributed by atoms with Crippen LogP contribution in [0.15, 0.2) is 17.0 Å². The lowest BCUT2D eigenvalue weighted by molar-refractivity contribution is 0.410. The summed E-state index contributed by atoms with van der Waals surface area (Å²) in [5.41, 5.74) is 7.01. The van der Waals surface area contributed by atoms with Crippen LogP contribution in [-0.2, 0) is 10.0 Å². The number of sulfonamides is 1. The van der Waals surface area contributed by atoms with Crippen molar-refractivity contribution >= 4 is 27.3 Å². The summed E-state index contributed by atoms with van der Waals surface area (Å²) in [4.78, 5) is 0.0965. The Morgan fingerprint density at radius 2 is 1.74 bits per heavy atom. The molecule has 0 aliphatic heterocycles. The fourth-order valence-corrected chi connectivity index (χ4v) is 4.07. The van der Waals surface area contributed by atoms with Gasteiger partial charge in [0.2, 0.25) is 10.0 Å². The van der Waals surface area contributed by atoms with Crippen LogP contribution in [-0.4, -0.2) is 25.8 Å². The monoisotopic (exact) mass is 304 g/mol. The molecule has 6 heteroatoms. The van der Waals surface area contributed by atoms with Crippen molar-refractivity contribution in [2.75, 3.05) is 18.8 Å². The Hall–Kier alpha value is -0.780. The highest BCUT2D eigenvalue weighted by Crippen LogP contribution is 2.29. The highest BCUT2D eigenvalue weighted by atomic mass is 35.5. The molecule has 108 valence electrons. The van der Waals surface area contributed by atoms with Gasteiger partial charge in [-0.3, -0.25) is 0 Å². The van der Waals surface area contributed by atoms with Gasteiger partial charge < -0.3 is 5.73 Å². The van der Waals surface area contributed by atoms with Crippen molar-refractivity contribution in [1.29, 1.82) is 0 Å². The minimum Gasteiger partial charge on any atom is -0.398 e. The summed E-state index contributed by atoms with van der Waals surface area (Å²) < 4.78 is 26.6. The maximum absolute atomic E-state index is 12.6. The molecule has 0 heterocycles. The third-order valence-electron chi connectivity index (χ3n) is 2.88. The van der Waals surface area contributed by atoms with Gasteiger partial charge in [-0.2, -0.15) is 4.31 Å². The molecule has 0 amide bonds. The molecule has 4 nitrogen and oxygen atoms in total. The molecule has 0 fully saturated rings. The van der Waals surface area contributed by atoms with Crippen molar-refractivity contribution in [3.05, 3.63) is 22.7 Å². The number of nitrogens with zero attached hydrogens (tertiary/aromatic N) is 1. The van der Waals surface area contributed by atoms with E-state index >= 15 is 0 Å². The van der Waals surface area contributed by atoms with Crippen LogP contribution >= 0.6 is 11.6 Å². The van der Waals surface area contributed by atoms with Crippen LogP contribution < -0.4 is 5.73 Å². The Bertz CT molecular complexity index is 538. The van der Waals surface area contributed by atoms with E-state index in [9.17, 15) is 8.42 Å². The molecule has 0 saturated carbocycles. The predicted octanol–water partition coefficient (Wildman–Crippen LogP) is 3.04. The van der Waals surface area contributed by atoms with E-state index in [1.54, 1.807) is 13.0 Å². The Kier molecular flexibility index (Phi) is 5.64. The van der Waals surface area contributed by atoms with Gasteiger partial charge in [-0.25, -0.2) is 8.42 Å². The zero-order valence-electron chi connectivity index (χ0n) is 11.6. The van der Waals surface area contributed by atoms with Gasteiger partial charge in [0.25, 0.3) is 0 Å². The predicted molar refractivity (Wildman–Crippen MR) is 79.9 cm³/mol. The van der Waals surface area contributed by atoms with Gasteiger partial charge in [0.15, 0.2) is 0 Å². The fraction of sp³-hybridized carbons (Fsp3) is 0.538. The molecule has 0 saturated heterocycles. The van der Waals surface area contributed by atoms with Gasteiger partial charge in [0.05, 0.1) is 5.02 Å². The largest absolute Gasteiger partial charge is 0.398 e. The summed E-state index contributed by atoms with van der Waals surface area (Å²) in [7, 11) is -3.57. The Morgan fingerprint density at radius 3 is 2.21 bits per heavy atom. The zero-order valence-corrected chi connectivity index (χ0v) is 13.2. The third-order valence-corrected chi connectivity index (χ3v) is 5.25. The second-order valence-electron chi connectivity index (χ2n) is 4.54. The van der Waals surface area contributed by atoms with Crippen molar-refractivity contribution < 1.29 is 8.42 Å². The molecule has 0 spiro atoms. The molecule has 1 rings (SSSR count). The quantitative estimate of drug-likeness (QED) is 0.822. The number of aryl methyl sites for hydroxylation is 1. The number of rotatable bonds is 6. The topological polar surface area (TPSA) is 63.4 Å². The van der Waals surface area contributed by atoms with Gasteiger partial charge in [0, 0.05) is 18.8 Å². The summed E-state index contributed by atoms with van der Waals surface area (Å²) in [6, 6.07) is 3.05. The summed E-state index contributed by atoms with van der Waals surface area (Å²) in [6.07, 6.45) is 1.52. The first kappa shape index (κ1) is 16.3. The van der Waals surface area contributed by atoms with Crippen LogP contribution in [0.4, 0.5) is 5.69 Å². The van der Waals surface area contributed by atoms with E-state index in [-0.39, 0.29) is 9.92 Å². The molecule has 0 unspecified atom stereocenters.